The van der Waals surface area contributed by atoms with Gasteiger partial charge in [0.2, 0.25) is 5.91 Å². The SMILES string of the molecule is C[C@H](N)C(=O)N1CCN(C(=O)c2ccc(Nc3nccn4c(-c5cn(CC#N)nc5C(F)(F)F)cnc34)cc2Cl)CC1. The highest BCUT2D eigenvalue weighted by atomic mass is 35.5. The third-order valence-electron chi connectivity index (χ3n) is 6.70. The van der Waals surface area contributed by atoms with Crippen LogP contribution in [0.1, 0.15) is 23.0 Å². The zero-order chi connectivity index (χ0) is 30.2. The van der Waals surface area contributed by atoms with Crippen LogP contribution in [0.25, 0.3) is 16.9 Å². The summed E-state index contributed by atoms with van der Waals surface area (Å²) in [4.78, 5) is 37.0. The maximum Gasteiger partial charge on any atom is 0.435 e. The molecular weight excluding hydrogens is 577 g/mol. The molecule has 12 nitrogen and oxygen atoms in total. The quantitative estimate of drug-likeness (QED) is 0.343. The number of hydrogen-bond donors (Lipinski definition) is 2. The van der Waals surface area contributed by atoms with Crippen molar-refractivity contribution in [1.82, 2.24) is 33.9 Å². The number of hydrogen-bond acceptors (Lipinski definition) is 8. The molecule has 0 bridgehead atoms. The molecule has 0 spiro atoms. The van der Waals surface area contributed by atoms with Gasteiger partial charge in [-0.3, -0.25) is 18.7 Å². The number of piperazine rings is 1. The Balaban J connectivity index is 1.36. The molecule has 1 atom stereocenters. The lowest BCUT2D eigenvalue weighted by atomic mass is 10.1. The highest BCUT2D eigenvalue weighted by molar-refractivity contribution is 6.34. The molecule has 1 aromatic carbocycles. The number of benzene rings is 1. The van der Waals surface area contributed by atoms with E-state index in [2.05, 4.69) is 20.4 Å². The first-order chi connectivity index (χ1) is 20.0. The molecule has 0 saturated carbocycles. The number of anilines is 2. The molecule has 5 rings (SSSR count). The largest absolute Gasteiger partial charge is 0.435 e. The van der Waals surface area contributed by atoms with Crippen molar-refractivity contribution >= 4 is 40.6 Å². The zero-order valence-electron chi connectivity index (χ0n) is 22.1. The number of nitriles is 1. The summed E-state index contributed by atoms with van der Waals surface area (Å²) in [5.74, 6) is -0.222. The molecule has 2 amide bonds. The molecule has 3 N–H and O–H groups in total. The van der Waals surface area contributed by atoms with E-state index in [4.69, 9.17) is 22.6 Å². The molecule has 1 saturated heterocycles. The summed E-state index contributed by atoms with van der Waals surface area (Å²) in [5.41, 5.74) is 5.37. The van der Waals surface area contributed by atoms with Crippen molar-refractivity contribution in [1.29, 1.82) is 5.26 Å². The third-order valence-corrected chi connectivity index (χ3v) is 7.01. The van der Waals surface area contributed by atoms with Crippen molar-refractivity contribution in [2.45, 2.75) is 25.7 Å². The van der Waals surface area contributed by atoms with E-state index >= 15 is 0 Å². The summed E-state index contributed by atoms with van der Waals surface area (Å²) in [5, 5.41) is 15.7. The van der Waals surface area contributed by atoms with Gasteiger partial charge in [-0.1, -0.05) is 11.6 Å². The Morgan fingerprint density at radius 1 is 1.19 bits per heavy atom. The first-order valence-corrected chi connectivity index (χ1v) is 13.1. The van der Waals surface area contributed by atoms with Crippen molar-refractivity contribution in [2.75, 3.05) is 31.5 Å². The van der Waals surface area contributed by atoms with Crippen molar-refractivity contribution < 1.29 is 22.8 Å². The molecule has 1 fully saturated rings. The van der Waals surface area contributed by atoms with Gasteiger partial charge in [-0.05, 0) is 25.1 Å². The fraction of sp³-hybridized carbons (Fsp3) is 0.308. The second kappa shape index (κ2) is 11.3. The first kappa shape index (κ1) is 28.8. The van der Waals surface area contributed by atoms with Crippen LogP contribution in [0.15, 0.2) is 43.0 Å². The summed E-state index contributed by atoms with van der Waals surface area (Å²) in [6.07, 6.45) is 0.512. The minimum Gasteiger partial charge on any atom is -0.338 e. The Kier molecular flexibility index (Phi) is 7.76. The Morgan fingerprint density at radius 3 is 2.55 bits per heavy atom. The van der Waals surface area contributed by atoms with Crippen molar-refractivity contribution in [2.24, 2.45) is 5.73 Å². The van der Waals surface area contributed by atoms with Crippen LogP contribution in [0.5, 0.6) is 0 Å². The number of nitrogens with one attached hydrogen (secondary N) is 1. The third kappa shape index (κ3) is 5.58. The number of aromatic nitrogens is 5. The Morgan fingerprint density at radius 2 is 1.90 bits per heavy atom. The van der Waals surface area contributed by atoms with Gasteiger partial charge in [-0.15, -0.1) is 0 Å². The molecule has 3 aromatic heterocycles. The number of carbonyl (C=O) groups excluding carboxylic acids is 2. The van der Waals surface area contributed by atoms with E-state index in [-0.39, 0.29) is 51.7 Å². The zero-order valence-corrected chi connectivity index (χ0v) is 22.9. The molecule has 16 heteroatoms. The second-order valence-corrected chi connectivity index (χ2v) is 9.99. The highest BCUT2D eigenvalue weighted by Crippen LogP contribution is 2.37. The predicted molar refractivity (Wildman–Crippen MR) is 146 cm³/mol. The van der Waals surface area contributed by atoms with Gasteiger partial charge in [0.25, 0.3) is 5.91 Å². The number of rotatable bonds is 6. The van der Waals surface area contributed by atoms with Crippen LogP contribution in [-0.2, 0) is 17.5 Å². The fourth-order valence-corrected chi connectivity index (χ4v) is 4.93. The molecule has 4 aromatic rings. The fourth-order valence-electron chi connectivity index (χ4n) is 4.67. The van der Waals surface area contributed by atoms with Gasteiger partial charge in [0, 0.05) is 50.5 Å². The normalized spacial score (nSPS) is 14.6. The standard InChI is InChI=1S/C26H24ClF3N10O2/c1-15(32)24(41)37-8-10-38(11-9-37)25(42)17-3-2-16(12-19(17)27)35-22-23-34-13-20(40(23)7-5-33-22)18-14-39(6-4-31)36-21(18)26(28,29)30/h2-3,5,7,12-15H,6,8-11,32H2,1H3,(H,33,35)/t15-/m0/s1. The number of fused-ring (bicyclic) bond motifs is 1. The van der Waals surface area contributed by atoms with E-state index in [1.807, 2.05) is 0 Å². The van der Waals surface area contributed by atoms with E-state index in [9.17, 15) is 22.8 Å². The topological polar surface area (TPSA) is 150 Å². The molecule has 0 aliphatic carbocycles. The lowest BCUT2D eigenvalue weighted by Crippen LogP contribution is -2.53. The van der Waals surface area contributed by atoms with Crippen LogP contribution in [0.2, 0.25) is 5.02 Å². The van der Waals surface area contributed by atoms with Crippen molar-refractivity contribution in [3.8, 4) is 17.3 Å². The molecule has 0 unspecified atom stereocenters. The van der Waals surface area contributed by atoms with Gasteiger partial charge in [-0.25, -0.2) is 9.97 Å². The molecule has 0 radical (unpaired) electrons. The van der Waals surface area contributed by atoms with Crippen molar-refractivity contribution in [3.05, 3.63) is 59.3 Å². The van der Waals surface area contributed by atoms with E-state index in [0.717, 1.165) is 10.9 Å². The maximum atomic E-state index is 13.7. The van der Waals surface area contributed by atoms with Crippen LogP contribution in [0.3, 0.4) is 0 Å². The number of alkyl halides is 3. The summed E-state index contributed by atoms with van der Waals surface area (Å²) in [6.45, 7) is 2.69. The average Bonchev–Trinajstić information content (AvgIpc) is 3.58. The highest BCUT2D eigenvalue weighted by Gasteiger charge is 2.38. The monoisotopic (exact) mass is 600 g/mol. The maximum absolute atomic E-state index is 13.7. The van der Waals surface area contributed by atoms with Gasteiger partial charge < -0.3 is 20.9 Å². The van der Waals surface area contributed by atoms with E-state index in [1.54, 1.807) is 34.9 Å². The number of halogens is 4. The second-order valence-electron chi connectivity index (χ2n) is 9.58. The molecule has 4 heterocycles. The molecular formula is C26H24ClF3N10O2. The minimum absolute atomic E-state index is 0.105. The number of carbonyl (C=O) groups is 2. The van der Waals surface area contributed by atoms with Gasteiger partial charge in [0.1, 0.15) is 6.54 Å². The molecule has 1 aliphatic heterocycles. The summed E-state index contributed by atoms with van der Waals surface area (Å²) in [7, 11) is 0. The smallest absolute Gasteiger partial charge is 0.338 e. The average molecular weight is 601 g/mol. The van der Waals surface area contributed by atoms with Gasteiger partial charge in [-0.2, -0.15) is 23.5 Å². The van der Waals surface area contributed by atoms with Gasteiger partial charge >= 0.3 is 6.18 Å². The van der Waals surface area contributed by atoms with Crippen LogP contribution in [0.4, 0.5) is 24.7 Å². The summed E-state index contributed by atoms with van der Waals surface area (Å²) in [6, 6.07) is 5.88. The summed E-state index contributed by atoms with van der Waals surface area (Å²) >= 11 is 6.47. The van der Waals surface area contributed by atoms with E-state index < -0.39 is 17.9 Å². The van der Waals surface area contributed by atoms with E-state index in [0.29, 0.717) is 31.9 Å². The van der Waals surface area contributed by atoms with E-state index in [1.165, 1.54) is 29.1 Å². The van der Waals surface area contributed by atoms with Crippen molar-refractivity contribution in [3.63, 3.8) is 0 Å². The number of nitrogens with two attached hydrogens (primary N) is 1. The van der Waals surface area contributed by atoms with Gasteiger partial charge in [0.15, 0.2) is 17.2 Å². The lowest BCUT2D eigenvalue weighted by Gasteiger charge is -2.35. The van der Waals surface area contributed by atoms with Crippen LogP contribution in [0, 0.1) is 11.3 Å². The first-order valence-electron chi connectivity index (χ1n) is 12.7. The Bertz CT molecular complexity index is 1700. The molecule has 42 heavy (non-hydrogen) atoms. The molecule has 1 aliphatic rings. The number of nitrogens with zero attached hydrogens (tertiary/aromatic N) is 8. The van der Waals surface area contributed by atoms with Crippen LogP contribution in [-0.4, -0.2) is 78.0 Å². The Labute approximate surface area is 242 Å². The molecule has 218 valence electrons. The van der Waals surface area contributed by atoms with Gasteiger partial charge in [0.05, 0.1) is 40.2 Å². The van der Waals surface area contributed by atoms with Crippen LogP contribution < -0.4 is 11.1 Å². The lowest BCUT2D eigenvalue weighted by molar-refractivity contribution is -0.141. The summed E-state index contributed by atoms with van der Waals surface area (Å²) < 4.78 is 43.5. The van der Waals surface area contributed by atoms with Crippen LogP contribution >= 0.6 is 11.6 Å². The number of imidazole rings is 1. The minimum atomic E-state index is -4.75. The Hall–Kier alpha value is -4.68. The number of amides is 2. The predicted octanol–water partition coefficient (Wildman–Crippen LogP) is 3.16.